The van der Waals surface area contributed by atoms with Crippen molar-refractivity contribution in [1.29, 1.82) is 0 Å². The molecule has 2 rings (SSSR count). The van der Waals surface area contributed by atoms with E-state index in [9.17, 15) is 0 Å². The molecule has 0 amide bonds. The lowest BCUT2D eigenvalue weighted by Gasteiger charge is -2.28. The van der Waals surface area contributed by atoms with Crippen LogP contribution < -0.4 is 10.2 Å². The second-order valence-electron chi connectivity index (χ2n) is 5.20. The lowest BCUT2D eigenvalue weighted by molar-refractivity contribution is 0.420. The van der Waals surface area contributed by atoms with Gasteiger partial charge in [-0.1, -0.05) is 25.4 Å². The molecule has 100 valence electrons. The van der Waals surface area contributed by atoms with E-state index in [2.05, 4.69) is 52.1 Å². The van der Waals surface area contributed by atoms with Crippen LogP contribution in [-0.2, 0) is 0 Å². The molecule has 4 heteroatoms. The van der Waals surface area contributed by atoms with Gasteiger partial charge in [0.2, 0.25) is 0 Å². The monoisotopic (exact) mass is 330 g/mol. The molecular formula is C14H20BrClN2. The van der Waals surface area contributed by atoms with Gasteiger partial charge in [0.05, 0.1) is 5.02 Å². The van der Waals surface area contributed by atoms with Gasteiger partial charge >= 0.3 is 0 Å². The van der Waals surface area contributed by atoms with Gasteiger partial charge in [0.15, 0.2) is 0 Å². The molecule has 1 atom stereocenters. The summed E-state index contributed by atoms with van der Waals surface area (Å²) in [5.41, 5.74) is 1.25. The predicted octanol–water partition coefficient (Wildman–Crippen LogP) is 3.93. The van der Waals surface area contributed by atoms with E-state index in [1.54, 1.807) is 0 Å². The zero-order valence-corrected chi connectivity index (χ0v) is 13.3. The van der Waals surface area contributed by atoms with Gasteiger partial charge in [-0.2, -0.15) is 0 Å². The quantitative estimate of drug-likeness (QED) is 0.883. The fraction of sp³-hybridized carbons (Fsp3) is 0.571. The molecule has 1 saturated heterocycles. The van der Waals surface area contributed by atoms with Crippen molar-refractivity contribution >= 4 is 33.2 Å². The minimum absolute atomic E-state index is 0.557. The second-order valence-corrected chi connectivity index (χ2v) is 6.46. The highest BCUT2D eigenvalue weighted by atomic mass is 79.9. The molecule has 0 saturated carbocycles. The third-order valence-electron chi connectivity index (χ3n) is 3.50. The van der Waals surface area contributed by atoms with Crippen LogP contribution in [-0.4, -0.2) is 25.7 Å². The largest absolute Gasteiger partial charge is 0.370 e. The topological polar surface area (TPSA) is 15.3 Å². The third kappa shape index (κ3) is 3.40. The number of anilines is 1. The van der Waals surface area contributed by atoms with E-state index in [0.29, 0.717) is 12.0 Å². The maximum Gasteiger partial charge on any atom is 0.0549 e. The van der Waals surface area contributed by atoms with E-state index in [1.807, 2.05) is 6.07 Å². The first-order valence-electron chi connectivity index (χ1n) is 6.51. The van der Waals surface area contributed by atoms with Crippen LogP contribution >= 0.6 is 27.5 Å². The summed E-state index contributed by atoms with van der Waals surface area (Å²) in [4.78, 5) is 2.45. The molecule has 0 bridgehead atoms. The number of nitrogens with one attached hydrogen (secondary N) is 1. The molecular weight excluding hydrogens is 312 g/mol. The zero-order chi connectivity index (χ0) is 13.1. The standard InChI is InChI=1S/C14H20BrClN2/c1-10(2)14-9-18(7-3-6-17-14)11-4-5-13(16)12(15)8-11/h4-5,8,10,14,17H,3,6-7,9H2,1-2H3. The summed E-state index contributed by atoms with van der Waals surface area (Å²) in [6.45, 7) is 7.82. The van der Waals surface area contributed by atoms with E-state index in [0.717, 1.165) is 29.1 Å². The number of rotatable bonds is 2. The molecule has 1 aromatic rings. The molecule has 1 aromatic carbocycles. The molecule has 18 heavy (non-hydrogen) atoms. The summed E-state index contributed by atoms with van der Waals surface area (Å²) >= 11 is 9.56. The summed E-state index contributed by atoms with van der Waals surface area (Å²) in [6, 6.07) is 6.74. The van der Waals surface area contributed by atoms with Crippen molar-refractivity contribution in [1.82, 2.24) is 5.32 Å². The van der Waals surface area contributed by atoms with Gasteiger partial charge in [-0.3, -0.25) is 0 Å². The first kappa shape index (κ1) is 14.2. The summed E-state index contributed by atoms with van der Waals surface area (Å²) in [5, 5.41) is 4.40. The summed E-state index contributed by atoms with van der Waals surface area (Å²) < 4.78 is 0.972. The van der Waals surface area contributed by atoms with Crippen molar-refractivity contribution in [2.45, 2.75) is 26.3 Å². The molecule has 0 aliphatic carbocycles. The Labute approximate surface area is 123 Å². The minimum Gasteiger partial charge on any atom is -0.370 e. The van der Waals surface area contributed by atoms with E-state index in [-0.39, 0.29) is 0 Å². The van der Waals surface area contributed by atoms with E-state index >= 15 is 0 Å². The Bertz CT molecular complexity index is 409. The van der Waals surface area contributed by atoms with Crippen LogP contribution in [0.3, 0.4) is 0 Å². The van der Waals surface area contributed by atoms with Gasteiger partial charge in [0, 0.05) is 29.3 Å². The van der Waals surface area contributed by atoms with Gasteiger partial charge in [0.1, 0.15) is 0 Å². The Kier molecular flexibility index (Phi) is 4.93. The van der Waals surface area contributed by atoms with Crippen LogP contribution in [0.15, 0.2) is 22.7 Å². The third-order valence-corrected chi connectivity index (χ3v) is 4.72. The van der Waals surface area contributed by atoms with Crippen LogP contribution in [0.5, 0.6) is 0 Å². The van der Waals surface area contributed by atoms with Crippen LogP contribution in [0.4, 0.5) is 5.69 Å². The summed E-state index contributed by atoms with van der Waals surface area (Å²) in [5.74, 6) is 0.654. The molecule has 1 heterocycles. The maximum absolute atomic E-state index is 6.05. The first-order chi connectivity index (χ1) is 8.58. The molecule has 1 fully saturated rings. The van der Waals surface area contributed by atoms with Crippen molar-refractivity contribution < 1.29 is 0 Å². The lowest BCUT2D eigenvalue weighted by atomic mass is 10.0. The Morgan fingerprint density at radius 2 is 2.22 bits per heavy atom. The number of hydrogen-bond donors (Lipinski definition) is 1. The number of halogens is 2. The van der Waals surface area contributed by atoms with Gasteiger partial charge in [0.25, 0.3) is 0 Å². The first-order valence-corrected chi connectivity index (χ1v) is 7.68. The Morgan fingerprint density at radius 3 is 2.89 bits per heavy atom. The van der Waals surface area contributed by atoms with E-state index < -0.39 is 0 Å². The highest BCUT2D eigenvalue weighted by molar-refractivity contribution is 9.10. The normalized spacial score (nSPS) is 21.2. The van der Waals surface area contributed by atoms with E-state index in [1.165, 1.54) is 12.1 Å². The molecule has 2 nitrogen and oxygen atoms in total. The van der Waals surface area contributed by atoms with Crippen molar-refractivity contribution in [2.24, 2.45) is 5.92 Å². The molecule has 0 spiro atoms. The highest BCUT2D eigenvalue weighted by Crippen LogP contribution is 2.28. The van der Waals surface area contributed by atoms with Crippen LogP contribution in [0.2, 0.25) is 5.02 Å². The van der Waals surface area contributed by atoms with Gasteiger partial charge in [-0.25, -0.2) is 0 Å². The molecule has 0 aromatic heterocycles. The smallest absolute Gasteiger partial charge is 0.0549 e. The van der Waals surface area contributed by atoms with Gasteiger partial charge < -0.3 is 10.2 Å². The number of benzene rings is 1. The number of hydrogen-bond acceptors (Lipinski definition) is 2. The SMILES string of the molecule is CC(C)C1CN(c2ccc(Cl)c(Br)c2)CCCN1. The Hall–Kier alpha value is -0.250. The fourth-order valence-corrected chi connectivity index (χ4v) is 2.80. The molecule has 0 radical (unpaired) electrons. The Morgan fingerprint density at radius 1 is 1.44 bits per heavy atom. The van der Waals surface area contributed by atoms with E-state index in [4.69, 9.17) is 11.6 Å². The van der Waals surface area contributed by atoms with Crippen molar-refractivity contribution in [3.05, 3.63) is 27.7 Å². The lowest BCUT2D eigenvalue weighted by Crippen LogP contribution is -2.41. The molecule has 1 N–H and O–H groups in total. The van der Waals surface area contributed by atoms with Crippen LogP contribution in [0.25, 0.3) is 0 Å². The molecule has 1 unspecified atom stereocenters. The van der Waals surface area contributed by atoms with Crippen molar-refractivity contribution in [3.8, 4) is 0 Å². The second kappa shape index (κ2) is 6.27. The average molecular weight is 332 g/mol. The Balaban J connectivity index is 2.17. The van der Waals surface area contributed by atoms with Gasteiger partial charge in [-0.05, 0) is 53.0 Å². The highest BCUT2D eigenvalue weighted by Gasteiger charge is 2.20. The predicted molar refractivity (Wildman–Crippen MR) is 82.6 cm³/mol. The summed E-state index contributed by atoms with van der Waals surface area (Å²) in [7, 11) is 0. The minimum atomic E-state index is 0.557. The molecule has 1 aliphatic heterocycles. The molecule has 1 aliphatic rings. The van der Waals surface area contributed by atoms with Crippen LogP contribution in [0, 0.1) is 5.92 Å². The average Bonchev–Trinajstić information content (AvgIpc) is 2.58. The van der Waals surface area contributed by atoms with Crippen LogP contribution in [0.1, 0.15) is 20.3 Å². The fourth-order valence-electron chi connectivity index (χ4n) is 2.31. The number of nitrogens with zero attached hydrogens (tertiary/aromatic N) is 1. The summed E-state index contributed by atoms with van der Waals surface area (Å²) in [6.07, 6.45) is 1.18. The van der Waals surface area contributed by atoms with Crippen molar-refractivity contribution in [3.63, 3.8) is 0 Å². The zero-order valence-electron chi connectivity index (χ0n) is 10.9. The van der Waals surface area contributed by atoms with Crippen molar-refractivity contribution in [2.75, 3.05) is 24.5 Å². The maximum atomic E-state index is 6.05. The van der Waals surface area contributed by atoms with Gasteiger partial charge in [-0.15, -0.1) is 0 Å².